The van der Waals surface area contributed by atoms with Crippen LogP contribution in [0.3, 0.4) is 0 Å². The molecule has 0 saturated heterocycles. The predicted molar refractivity (Wildman–Crippen MR) is 118 cm³/mol. The Morgan fingerprint density at radius 2 is 2.03 bits per heavy atom. The zero-order valence-electron chi connectivity index (χ0n) is 15.2. The third kappa shape index (κ3) is 4.19. The number of esters is 1. The first-order chi connectivity index (χ1) is 14.5. The van der Waals surface area contributed by atoms with Gasteiger partial charge in [-0.2, -0.15) is 5.26 Å². The lowest BCUT2D eigenvalue weighted by Crippen LogP contribution is -2.21. The summed E-state index contributed by atoms with van der Waals surface area (Å²) in [5.74, 6) is -1.16. The highest BCUT2D eigenvalue weighted by Crippen LogP contribution is 2.32. The van der Waals surface area contributed by atoms with Gasteiger partial charge in [-0.25, -0.2) is 9.78 Å². The van der Waals surface area contributed by atoms with Gasteiger partial charge in [0, 0.05) is 5.39 Å². The Morgan fingerprint density at radius 1 is 1.20 bits per heavy atom. The van der Waals surface area contributed by atoms with Crippen molar-refractivity contribution in [3.63, 3.8) is 0 Å². The number of nitriles is 1. The summed E-state index contributed by atoms with van der Waals surface area (Å²) in [6.45, 7) is -0.474. The van der Waals surface area contributed by atoms with Gasteiger partial charge in [-0.3, -0.25) is 4.79 Å². The first-order valence-corrected chi connectivity index (χ1v) is 10.7. The van der Waals surface area contributed by atoms with Gasteiger partial charge in [0.25, 0.3) is 5.91 Å². The number of anilines is 1. The largest absolute Gasteiger partial charge is 0.452 e. The molecule has 30 heavy (non-hydrogen) atoms. The van der Waals surface area contributed by atoms with Gasteiger partial charge in [-0.15, -0.1) is 22.7 Å². The molecule has 0 spiro atoms. The van der Waals surface area contributed by atoms with E-state index in [4.69, 9.17) is 21.6 Å². The van der Waals surface area contributed by atoms with Crippen LogP contribution in [0, 0.1) is 11.3 Å². The maximum Gasteiger partial charge on any atom is 0.339 e. The topological polar surface area (TPSA) is 92.1 Å². The summed E-state index contributed by atoms with van der Waals surface area (Å²) < 4.78 is 5.85. The number of nitrogens with one attached hydrogen (secondary N) is 1. The highest BCUT2D eigenvalue weighted by Gasteiger charge is 2.18. The maximum absolute atomic E-state index is 12.8. The lowest BCUT2D eigenvalue weighted by atomic mass is 10.1. The molecule has 4 aromatic rings. The second-order valence-electron chi connectivity index (χ2n) is 6.08. The number of rotatable bonds is 5. The number of pyridine rings is 1. The summed E-state index contributed by atoms with van der Waals surface area (Å²) in [5.41, 5.74) is 1.90. The average Bonchev–Trinajstić information content (AvgIpc) is 3.39. The fourth-order valence-corrected chi connectivity index (χ4v) is 4.55. The van der Waals surface area contributed by atoms with Crippen molar-refractivity contribution in [2.24, 2.45) is 0 Å². The Labute approximate surface area is 184 Å². The molecule has 0 aliphatic rings. The normalized spacial score (nSPS) is 10.5. The van der Waals surface area contributed by atoms with Crippen molar-refractivity contribution in [3.05, 3.63) is 69.4 Å². The number of thiophene rings is 2. The molecule has 0 aliphatic heterocycles. The predicted octanol–water partition coefficient (Wildman–Crippen LogP) is 5.35. The molecule has 0 fully saturated rings. The minimum Gasteiger partial charge on any atom is -0.452 e. The molecule has 0 bridgehead atoms. The summed E-state index contributed by atoms with van der Waals surface area (Å²) in [7, 11) is 0. The standard InChI is InChI=1S/C21H12ClN3O3S2/c22-18-6-5-17(30-18)16-9-14(13-3-1-2-4-15(13)24-16)21(27)28-11-19(26)25-20-12(10-23)7-8-29-20/h1-9H,11H2,(H,25,26). The van der Waals surface area contributed by atoms with Crippen LogP contribution in [0.2, 0.25) is 4.34 Å². The summed E-state index contributed by atoms with van der Waals surface area (Å²) in [4.78, 5) is 30.3. The van der Waals surface area contributed by atoms with Crippen LogP contribution >= 0.6 is 34.3 Å². The molecular weight excluding hydrogens is 442 g/mol. The molecule has 1 amide bonds. The molecule has 3 heterocycles. The van der Waals surface area contributed by atoms with Crippen LogP contribution in [-0.4, -0.2) is 23.5 Å². The molecule has 3 aromatic heterocycles. The van der Waals surface area contributed by atoms with Gasteiger partial charge in [0.15, 0.2) is 6.61 Å². The Hall–Kier alpha value is -3.25. The monoisotopic (exact) mass is 453 g/mol. The zero-order valence-corrected chi connectivity index (χ0v) is 17.6. The third-order valence-electron chi connectivity index (χ3n) is 4.13. The lowest BCUT2D eigenvalue weighted by molar-refractivity contribution is -0.119. The van der Waals surface area contributed by atoms with Crippen LogP contribution in [0.25, 0.3) is 21.5 Å². The summed E-state index contributed by atoms with van der Waals surface area (Å²) in [6, 6.07) is 16.0. The van der Waals surface area contributed by atoms with E-state index in [0.29, 0.717) is 37.1 Å². The lowest BCUT2D eigenvalue weighted by Gasteiger charge is -2.09. The minimum absolute atomic E-state index is 0.307. The van der Waals surface area contributed by atoms with Crippen molar-refractivity contribution in [1.29, 1.82) is 5.26 Å². The number of nitrogens with zero attached hydrogens (tertiary/aromatic N) is 2. The average molecular weight is 454 g/mol. The number of fused-ring (bicyclic) bond motifs is 1. The van der Waals surface area contributed by atoms with Gasteiger partial charge in [0.1, 0.15) is 11.1 Å². The van der Waals surface area contributed by atoms with Crippen LogP contribution in [0.15, 0.2) is 53.9 Å². The second kappa shape index (κ2) is 8.63. The number of ether oxygens (including phenoxy) is 1. The van der Waals surface area contributed by atoms with E-state index >= 15 is 0 Å². The maximum atomic E-state index is 12.8. The highest BCUT2D eigenvalue weighted by atomic mass is 35.5. The van der Waals surface area contributed by atoms with Gasteiger partial charge in [-0.05, 0) is 35.7 Å². The van der Waals surface area contributed by atoms with Crippen LogP contribution in [-0.2, 0) is 9.53 Å². The molecule has 148 valence electrons. The van der Waals surface area contributed by atoms with Gasteiger partial charge in [-0.1, -0.05) is 29.8 Å². The van der Waals surface area contributed by atoms with Crippen molar-refractivity contribution in [3.8, 4) is 16.6 Å². The molecule has 0 radical (unpaired) electrons. The van der Waals surface area contributed by atoms with Gasteiger partial charge in [0.05, 0.1) is 31.6 Å². The summed E-state index contributed by atoms with van der Waals surface area (Å²) in [6.07, 6.45) is 0. The van der Waals surface area contributed by atoms with Crippen LogP contribution in [0.4, 0.5) is 5.00 Å². The number of aromatic nitrogens is 1. The number of hydrogen-bond acceptors (Lipinski definition) is 7. The third-order valence-corrected chi connectivity index (χ3v) is 6.22. The molecule has 9 heteroatoms. The number of carbonyl (C=O) groups is 2. The molecule has 0 atom stereocenters. The fourth-order valence-electron chi connectivity index (χ4n) is 2.79. The van der Waals surface area contributed by atoms with Crippen LogP contribution in [0.1, 0.15) is 15.9 Å². The van der Waals surface area contributed by atoms with Crippen LogP contribution in [0.5, 0.6) is 0 Å². The minimum atomic E-state index is -0.640. The van der Waals surface area contributed by atoms with Crippen molar-refractivity contribution in [1.82, 2.24) is 4.98 Å². The molecule has 4 rings (SSSR count). The van der Waals surface area contributed by atoms with E-state index in [1.807, 2.05) is 18.2 Å². The fraction of sp³-hybridized carbons (Fsp3) is 0.0476. The Bertz CT molecular complexity index is 1310. The van der Waals surface area contributed by atoms with E-state index in [-0.39, 0.29) is 0 Å². The number of carbonyl (C=O) groups excluding carboxylic acids is 2. The van der Waals surface area contributed by atoms with E-state index < -0.39 is 18.5 Å². The number of benzene rings is 1. The highest BCUT2D eigenvalue weighted by molar-refractivity contribution is 7.19. The summed E-state index contributed by atoms with van der Waals surface area (Å²) >= 11 is 8.61. The molecule has 6 nitrogen and oxygen atoms in total. The Morgan fingerprint density at radius 3 is 2.80 bits per heavy atom. The van der Waals surface area contributed by atoms with E-state index in [2.05, 4.69) is 10.3 Å². The van der Waals surface area contributed by atoms with Gasteiger partial charge < -0.3 is 10.1 Å². The second-order valence-corrected chi connectivity index (χ2v) is 8.71. The SMILES string of the molecule is N#Cc1ccsc1NC(=O)COC(=O)c1cc(-c2ccc(Cl)s2)nc2ccccc12. The van der Waals surface area contributed by atoms with Gasteiger partial charge in [0.2, 0.25) is 0 Å². The molecular formula is C21H12ClN3O3S2. The summed E-state index contributed by atoms with van der Waals surface area (Å²) in [5, 5.41) is 14.3. The Balaban J connectivity index is 1.56. The molecule has 1 aromatic carbocycles. The first kappa shape index (κ1) is 20.0. The number of hydrogen-bond donors (Lipinski definition) is 1. The zero-order chi connectivity index (χ0) is 21.1. The van der Waals surface area contributed by atoms with Crippen molar-refractivity contribution >= 4 is 62.1 Å². The molecule has 0 aliphatic carbocycles. The number of para-hydroxylation sites is 1. The molecule has 1 N–H and O–H groups in total. The quantitative estimate of drug-likeness (QED) is 0.411. The van der Waals surface area contributed by atoms with E-state index in [9.17, 15) is 9.59 Å². The van der Waals surface area contributed by atoms with Crippen molar-refractivity contribution < 1.29 is 14.3 Å². The van der Waals surface area contributed by atoms with E-state index in [0.717, 1.165) is 4.88 Å². The van der Waals surface area contributed by atoms with Gasteiger partial charge >= 0.3 is 5.97 Å². The van der Waals surface area contributed by atoms with Crippen molar-refractivity contribution in [2.75, 3.05) is 11.9 Å². The van der Waals surface area contributed by atoms with Crippen LogP contribution < -0.4 is 5.32 Å². The van der Waals surface area contributed by atoms with E-state index in [1.165, 1.54) is 22.7 Å². The smallest absolute Gasteiger partial charge is 0.339 e. The number of amides is 1. The number of halogens is 1. The molecule has 0 unspecified atom stereocenters. The Kier molecular flexibility index (Phi) is 5.77. The molecule has 0 saturated carbocycles. The first-order valence-electron chi connectivity index (χ1n) is 8.65. The van der Waals surface area contributed by atoms with Crippen molar-refractivity contribution in [2.45, 2.75) is 0 Å². The van der Waals surface area contributed by atoms with E-state index in [1.54, 1.807) is 41.8 Å².